The summed E-state index contributed by atoms with van der Waals surface area (Å²) in [6, 6.07) is 4.57. The van der Waals surface area contributed by atoms with Crippen molar-refractivity contribution in [2.75, 3.05) is 12.8 Å². The zero-order valence-corrected chi connectivity index (χ0v) is 13.3. The van der Waals surface area contributed by atoms with E-state index in [2.05, 4.69) is 5.10 Å². The van der Waals surface area contributed by atoms with Gasteiger partial charge < -0.3 is 10.6 Å². The van der Waals surface area contributed by atoms with Crippen LogP contribution in [0.3, 0.4) is 0 Å². The molecule has 0 saturated carbocycles. The van der Waals surface area contributed by atoms with Crippen LogP contribution < -0.4 is 5.73 Å². The first-order valence-corrected chi connectivity index (χ1v) is 7.03. The van der Waals surface area contributed by atoms with Gasteiger partial charge in [-0.25, -0.2) is 4.39 Å². The smallest absolute Gasteiger partial charge is 0.250 e. The summed E-state index contributed by atoms with van der Waals surface area (Å²) in [7, 11) is 1.72. The normalized spacial score (nSPS) is 11.5. The van der Waals surface area contributed by atoms with Gasteiger partial charge in [-0.3, -0.25) is 9.48 Å². The maximum Gasteiger partial charge on any atom is 0.250 e. The average Bonchev–Trinajstić information content (AvgIpc) is 2.88. The first-order valence-electron chi connectivity index (χ1n) is 7.03. The number of nitrogen functional groups attached to an aromatic ring is 1. The quantitative estimate of drug-likeness (QED) is 0.942. The molecule has 0 radical (unpaired) electrons. The molecule has 2 aromatic rings. The number of aromatic nitrogens is 2. The van der Waals surface area contributed by atoms with E-state index in [0.717, 1.165) is 11.1 Å². The number of hydrogen-bond acceptors (Lipinski definition) is 3. The summed E-state index contributed by atoms with van der Waals surface area (Å²) in [6.45, 7) is 5.81. The molecule has 0 aliphatic heterocycles. The zero-order chi connectivity index (χ0) is 16.5. The van der Waals surface area contributed by atoms with Gasteiger partial charge in [-0.15, -0.1) is 0 Å². The Morgan fingerprint density at radius 1 is 1.45 bits per heavy atom. The minimum Gasteiger partial charge on any atom is -0.396 e. The van der Waals surface area contributed by atoms with Crippen molar-refractivity contribution >= 4 is 11.6 Å². The van der Waals surface area contributed by atoms with Crippen LogP contribution in [0.1, 0.15) is 25.0 Å². The number of carbonyl (C=O) groups excluding carboxylic acids is 1. The molecule has 22 heavy (non-hydrogen) atoms. The Balaban J connectivity index is 2.18. The molecular weight excluding hydrogens is 283 g/mol. The molecule has 0 saturated heterocycles. The number of hydrogen-bond donors (Lipinski definition) is 1. The zero-order valence-electron chi connectivity index (χ0n) is 13.3. The lowest BCUT2D eigenvalue weighted by atomic mass is 10.0. The predicted molar refractivity (Wildman–Crippen MR) is 83.6 cm³/mol. The molecule has 2 N–H and O–H groups in total. The molecule has 0 bridgehead atoms. The number of nitrogens with two attached hydrogens (primary N) is 1. The van der Waals surface area contributed by atoms with Crippen LogP contribution in [0.15, 0.2) is 30.6 Å². The Morgan fingerprint density at radius 3 is 2.68 bits per heavy atom. The summed E-state index contributed by atoms with van der Waals surface area (Å²) >= 11 is 0. The number of aryl methyl sites for hydroxylation is 1. The molecular formula is C16H21FN4O. The molecule has 6 heteroatoms. The second-order valence-electron chi connectivity index (χ2n) is 6.01. The summed E-state index contributed by atoms with van der Waals surface area (Å²) in [6.07, 6.45) is 3.15. The molecule has 118 valence electrons. The number of likely N-dealkylation sites (N-methyl/N-ethyl adjacent to an activating group) is 1. The molecule has 0 aliphatic carbocycles. The van der Waals surface area contributed by atoms with Gasteiger partial charge in [-0.1, -0.05) is 6.07 Å². The lowest BCUT2D eigenvalue weighted by Crippen LogP contribution is -2.45. The molecule has 0 spiro atoms. The fourth-order valence-corrected chi connectivity index (χ4v) is 2.37. The molecule has 1 amide bonds. The van der Waals surface area contributed by atoms with Gasteiger partial charge in [0.2, 0.25) is 5.91 Å². The molecule has 1 aromatic heterocycles. The van der Waals surface area contributed by atoms with Gasteiger partial charge in [-0.2, -0.15) is 5.10 Å². The van der Waals surface area contributed by atoms with Gasteiger partial charge >= 0.3 is 0 Å². The highest BCUT2D eigenvalue weighted by molar-refractivity contribution is 5.83. The topological polar surface area (TPSA) is 64.2 Å². The highest BCUT2D eigenvalue weighted by Crippen LogP contribution is 2.20. The van der Waals surface area contributed by atoms with E-state index in [0.29, 0.717) is 12.2 Å². The van der Waals surface area contributed by atoms with Crippen molar-refractivity contribution < 1.29 is 9.18 Å². The fraction of sp³-hybridized carbons (Fsp3) is 0.375. The van der Waals surface area contributed by atoms with Gasteiger partial charge in [0.1, 0.15) is 11.4 Å². The third kappa shape index (κ3) is 3.10. The first kappa shape index (κ1) is 16.0. The predicted octanol–water partition coefficient (Wildman–Crippen LogP) is 2.31. The number of anilines is 1. The van der Waals surface area contributed by atoms with Crippen molar-refractivity contribution in [3.05, 3.63) is 47.5 Å². The van der Waals surface area contributed by atoms with Crippen LogP contribution >= 0.6 is 0 Å². The number of carbonyl (C=O) groups is 1. The van der Waals surface area contributed by atoms with Crippen molar-refractivity contribution in [2.45, 2.75) is 32.9 Å². The van der Waals surface area contributed by atoms with Crippen LogP contribution in [0.2, 0.25) is 0 Å². The third-order valence-corrected chi connectivity index (χ3v) is 3.76. The Kier molecular flexibility index (Phi) is 4.21. The van der Waals surface area contributed by atoms with Crippen molar-refractivity contribution in [1.82, 2.24) is 14.7 Å². The maximum atomic E-state index is 13.2. The highest BCUT2D eigenvalue weighted by atomic mass is 19.1. The first-order chi connectivity index (χ1) is 10.2. The SMILES string of the molecule is Cc1cc(F)ccc1CN(C)C(=O)C(C)(C)n1cc(N)cn1. The number of benzene rings is 1. The van der Waals surface area contributed by atoms with Crippen molar-refractivity contribution in [1.29, 1.82) is 0 Å². The van der Waals surface area contributed by atoms with Gasteiger partial charge in [0, 0.05) is 19.8 Å². The van der Waals surface area contributed by atoms with Crippen molar-refractivity contribution in [3.63, 3.8) is 0 Å². The maximum absolute atomic E-state index is 13.2. The summed E-state index contributed by atoms with van der Waals surface area (Å²) in [5.41, 5.74) is 7.06. The highest BCUT2D eigenvalue weighted by Gasteiger charge is 2.33. The largest absolute Gasteiger partial charge is 0.396 e. The third-order valence-electron chi connectivity index (χ3n) is 3.76. The van der Waals surface area contributed by atoms with E-state index in [1.807, 2.05) is 6.92 Å². The molecule has 1 heterocycles. The summed E-state index contributed by atoms with van der Waals surface area (Å²) in [5, 5.41) is 4.12. The standard InChI is InChI=1S/C16H21FN4O/c1-11-7-13(17)6-5-12(11)9-20(4)15(22)16(2,3)21-10-14(18)8-19-21/h5-8,10H,9,18H2,1-4H3. The Hall–Kier alpha value is -2.37. The van der Waals surface area contributed by atoms with E-state index < -0.39 is 5.54 Å². The Morgan fingerprint density at radius 2 is 2.14 bits per heavy atom. The molecule has 0 aliphatic rings. The lowest BCUT2D eigenvalue weighted by molar-refractivity contribution is -0.138. The Bertz CT molecular complexity index is 693. The van der Waals surface area contributed by atoms with Gasteiger partial charge in [0.25, 0.3) is 0 Å². The van der Waals surface area contributed by atoms with Crippen LogP contribution in [-0.4, -0.2) is 27.6 Å². The minimum absolute atomic E-state index is 0.0978. The molecule has 1 aromatic carbocycles. The van der Waals surface area contributed by atoms with Gasteiger partial charge in [-0.05, 0) is 44.0 Å². The van der Waals surface area contributed by atoms with Gasteiger partial charge in [0.15, 0.2) is 0 Å². The number of rotatable bonds is 4. The van der Waals surface area contributed by atoms with Crippen molar-refractivity contribution in [2.24, 2.45) is 0 Å². The van der Waals surface area contributed by atoms with E-state index in [1.54, 1.807) is 42.7 Å². The minimum atomic E-state index is -0.847. The molecule has 0 unspecified atom stereocenters. The molecule has 0 fully saturated rings. The van der Waals surface area contributed by atoms with E-state index in [1.165, 1.54) is 18.3 Å². The molecule has 0 atom stereocenters. The van der Waals surface area contributed by atoms with E-state index in [4.69, 9.17) is 5.73 Å². The average molecular weight is 304 g/mol. The van der Waals surface area contributed by atoms with Crippen LogP contribution in [0.25, 0.3) is 0 Å². The van der Waals surface area contributed by atoms with Crippen LogP contribution in [0.5, 0.6) is 0 Å². The summed E-state index contributed by atoms with van der Waals surface area (Å²) in [5.74, 6) is -0.373. The summed E-state index contributed by atoms with van der Waals surface area (Å²) in [4.78, 5) is 14.3. The number of halogens is 1. The number of amides is 1. The second kappa shape index (κ2) is 5.79. The fourth-order valence-electron chi connectivity index (χ4n) is 2.37. The summed E-state index contributed by atoms with van der Waals surface area (Å²) < 4.78 is 14.7. The second-order valence-corrected chi connectivity index (χ2v) is 6.01. The van der Waals surface area contributed by atoms with E-state index in [9.17, 15) is 9.18 Å². The molecule has 5 nitrogen and oxygen atoms in total. The van der Waals surface area contributed by atoms with Crippen molar-refractivity contribution in [3.8, 4) is 0 Å². The van der Waals surface area contributed by atoms with Crippen LogP contribution in [0, 0.1) is 12.7 Å². The van der Waals surface area contributed by atoms with Crippen LogP contribution in [0.4, 0.5) is 10.1 Å². The Labute approximate surface area is 129 Å². The lowest BCUT2D eigenvalue weighted by Gasteiger charge is -2.30. The monoisotopic (exact) mass is 304 g/mol. The van der Waals surface area contributed by atoms with E-state index in [-0.39, 0.29) is 11.7 Å². The van der Waals surface area contributed by atoms with E-state index >= 15 is 0 Å². The number of nitrogens with zero attached hydrogens (tertiary/aromatic N) is 3. The van der Waals surface area contributed by atoms with Crippen LogP contribution in [-0.2, 0) is 16.9 Å². The molecule has 2 rings (SSSR count). The van der Waals surface area contributed by atoms with Gasteiger partial charge in [0.05, 0.1) is 11.9 Å².